The Bertz CT molecular complexity index is 757. The van der Waals surface area contributed by atoms with Crippen molar-refractivity contribution < 1.29 is 9.59 Å². The molecule has 2 rings (SSSR count). The molecule has 0 saturated heterocycles. The minimum atomic E-state index is -0.267. The van der Waals surface area contributed by atoms with Crippen LogP contribution < -0.4 is 10.6 Å². The highest BCUT2D eigenvalue weighted by Gasteiger charge is 2.14. The number of hydrogen-bond donors (Lipinski definition) is 2. The standard InChI is InChI=1S/C19H20Cl2N2O2/c1-3-12(4-2)18(24)22-14-7-5-13(6-8-14)19(25)23-15-9-10-16(20)17(21)11-15/h5-12H,3-4H2,1-2H3,(H,22,24)(H,23,25). The third kappa shape index (κ3) is 5.21. The summed E-state index contributed by atoms with van der Waals surface area (Å²) in [5.74, 6) is -0.271. The molecule has 0 atom stereocenters. The van der Waals surface area contributed by atoms with E-state index in [-0.39, 0.29) is 17.7 Å². The predicted molar refractivity (Wildman–Crippen MR) is 104 cm³/mol. The maximum absolute atomic E-state index is 12.3. The van der Waals surface area contributed by atoms with Gasteiger partial charge in [-0.25, -0.2) is 0 Å². The molecular weight excluding hydrogens is 359 g/mol. The van der Waals surface area contributed by atoms with E-state index in [4.69, 9.17) is 23.2 Å². The van der Waals surface area contributed by atoms with Crippen LogP contribution in [0.5, 0.6) is 0 Å². The highest BCUT2D eigenvalue weighted by molar-refractivity contribution is 6.42. The van der Waals surface area contributed by atoms with E-state index >= 15 is 0 Å². The third-order valence-electron chi connectivity index (χ3n) is 3.95. The van der Waals surface area contributed by atoms with Crippen molar-refractivity contribution in [3.05, 3.63) is 58.1 Å². The molecule has 2 N–H and O–H groups in total. The van der Waals surface area contributed by atoms with E-state index in [9.17, 15) is 9.59 Å². The normalized spacial score (nSPS) is 10.6. The number of hydrogen-bond acceptors (Lipinski definition) is 2. The Morgan fingerprint density at radius 3 is 2.04 bits per heavy atom. The number of carbonyl (C=O) groups is 2. The Morgan fingerprint density at radius 2 is 1.48 bits per heavy atom. The molecule has 0 bridgehead atoms. The summed E-state index contributed by atoms with van der Waals surface area (Å²) in [6, 6.07) is 11.6. The van der Waals surface area contributed by atoms with Gasteiger partial charge in [0.2, 0.25) is 5.91 Å². The van der Waals surface area contributed by atoms with E-state index in [1.165, 1.54) is 0 Å². The summed E-state index contributed by atoms with van der Waals surface area (Å²) in [7, 11) is 0. The van der Waals surface area contributed by atoms with Gasteiger partial charge in [-0.2, -0.15) is 0 Å². The summed E-state index contributed by atoms with van der Waals surface area (Å²) in [4.78, 5) is 24.4. The van der Waals surface area contributed by atoms with E-state index in [1.807, 2.05) is 13.8 Å². The van der Waals surface area contributed by atoms with Crippen LogP contribution in [0.25, 0.3) is 0 Å². The highest BCUT2D eigenvalue weighted by atomic mass is 35.5. The molecule has 0 aliphatic rings. The summed E-state index contributed by atoms with van der Waals surface area (Å²) in [5, 5.41) is 6.43. The number of benzene rings is 2. The second kappa shape index (κ2) is 8.88. The Balaban J connectivity index is 2.02. The van der Waals surface area contributed by atoms with Crippen LogP contribution in [0.1, 0.15) is 37.0 Å². The van der Waals surface area contributed by atoms with Gasteiger partial charge in [-0.15, -0.1) is 0 Å². The maximum Gasteiger partial charge on any atom is 0.255 e. The fraction of sp³-hybridized carbons (Fsp3) is 0.263. The molecule has 0 aliphatic heterocycles. The average Bonchev–Trinajstić information content (AvgIpc) is 2.60. The summed E-state index contributed by atoms with van der Waals surface area (Å²) in [6.07, 6.45) is 1.60. The van der Waals surface area contributed by atoms with E-state index in [1.54, 1.807) is 42.5 Å². The minimum Gasteiger partial charge on any atom is -0.326 e. The number of amides is 2. The van der Waals surface area contributed by atoms with E-state index in [0.29, 0.717) is 27.0 Å². The van der Waals surface area contributed by atoms with Crippen LogP contribution in [-0.4, -0.2) is 11.8 Å². The van der Waals surface area contributed by atoms with Gasteiger partial charge < -0.3 is 10.6 Å². The first-order valence-corrected chi connectivity index (χ1v) is 8.87. The molecule has 132 valence electrons. The molecular formula is C19H20Cl2N2O2. The lowest BCUT2D eigenvalue weighted by molar-refractivity contribution is -0.120. The Kier molecular flexibility index (Phi) is 6.85. The SMILES string of the molecule is CCC(CC)C(=O)Nc1ccc(C(=O)Nc2ccc(Cl)c(Cl)c2)cc1. The quantitative estimate of drug-likeness (QED) is 0.684. The van der Waals surface area contributed by atoms with Crippen LogP contribution in [0.3, 0.4) is 0 Å². The van der Waals surface area contributed by atoms with Crippen molar-refractivity contribution in [2.24, 2.45) is 5.92 Å². The van der Waals surface area contributed by atoms with Crippen molar-refractivity contribution in [1.29, 1.82) is 0 Å². The molecule has 2 amide bonds. The second-order valence-electron chi connectivity index (χ2n) is 5.66. The van der Waals surface area contributed by atoms with Gasteiger partial charge in [0.15, 0.2) is 0 Å². The Morgan fingerprint density at radius 1 is 0.880 bits per heavy atom. The molecule has 0 radical (unpaired) electrons. The summed E-state index contributed by atoms with van der Waals surface area (Å²) >= 11 is 11.8. The first kappa shape index (κ1) is 19.3. The van der Waals surface area contributed by atoms with E-state index in [0.717, 1.165) is 12.8 Å². The van der Waals surface area contributed by atoms with Gasteiger partial charge in [-0.3, -0.25) is 9.59 Å². The first-order valence-electron chi connectivity index (χ1n) is 8.11. The van der Waals surface area contributed by atoms with Crippen molar-refractivity contribution in [3.63, 3.8) is 0 Å². The molecule has 2 aromatic rings. The van der Waals surface area contributed by atoms with Gasteiger partial charge in [0.25, 0.3) is 5.91 Å². The number of anilines is 2. The molecule has 0 saturated carbocycles. The molecule has 0 aliphatic carbocycles. The molecule has 2 aromatic carbocycles. The van der Waals surface area contributed by atoms with Crippen molar-refractivity contribution in [1.82, 2.24) is 0 Å². The van der Waals surface area contributed by atoms with Crippen molar-refractivity contribution in [2.45, 2.75) is 26.7 Å². The molecule has 0 fully saturated rings. The maximum atomic E-state index is 12.3. The van der Waals surface area contributed by atoms with E-state index in [2.05, 4.69) is 10.6 Å². The van der Waals surface area contributed by atoms with Crippen molar-refractivity contribution in [3.8, 4) is 0 Å². The lowest BCUT2D eigenvalue weighted by Crippen LogP contribution is -2.21. The van der Waals surface area contributed by atoms with Crippen LogP contribution in [0.4, 0.5) is 11.4 Å². The van der Waals surface area contributed by atoms with Gasteiger partial charge in [0.1, 0.15) is 0 Å². The molecule has 4 nitrogen and oxygen atoms in total. The highest BCUT2D eigenvalue weighted by Crippen LogP contribution is 2.25. The van der Waals surface area contributed by atoms with Crippen LogP contribution in [0.2, 0.25) is 10.0 Å². The molecule has 0 heterocycles. The summed E-state index contributed by atoms with van der Waals surface area (Å²) < 4.78 is 0. The first-order chi connectivity index (χ1) is 11.9. The molecule has 0 aromatic heterocycles. The predicted octanol–water partition coefficient (Wildman–Crippen LogP) is 5.62. The lowest BCUT2D eigenvalue weighted by Gasteiger charge is -2.13. The smallest absolute Gasteiger partial charge is 0.255 e. The zero-order valence-corrected chi connectivity index (χ0v) is 15.6. The fourth-order valence-electron chi connectivity index (χ4n) is 2.39. The van der Waals surface area contributed by atoms with Crippen molar-refractivity contribution >= 4 is 46.4 Å². The molecule has 6 heteroatoms. The molecule has 25 heavy (non-hydrogen) atoms. The molecule has 0 spiro atoms. The average molecular weight is 379 g/mol. The Hall–Kier alpha value is -2.04. The third-order valence-corrected chi connectivity index (χ3v) is 4.69. The van der Waals surface area contributed by atoms with Gasteiger partial charge in [-0.05, 0) is 55.3 Å². The van der Waals surface area contributed by atoms with Gasteiger partial charge in [0.05, 0.1) is 10.0 Å². The second-order valence-corrected chi connectivity index (χ2v) is 6.48. The zero-order valence-electron chi connectivity index (χ0n) is 14.1. The lowest BCUT2D eigenvalue weighted by atomic mass is 10.0. The monoisotopic (exact) mass is 378 g/mol. The zero-order chi connectivity index (χ0) is 18.4. The van der Waals surface area contributed by atoms with Crippen LogP contribution in [0.15, 0.2) is 42.5 Å². The van der Waals surface area contributed by atoms with E-state index < -0.39 is 0 Å². The topological polar surface area (TPSA) is 58.2 Å². The van der Waals surface area contributed by atoms with Gasteiger partial charge in [-0.1, -0.05) is 37.0 Å². The minimum absolute atomic E-state index is 0.00184. The number of carbonyl (C=O) groups excluding carboxylic acids is 2. The fourth-order valence-corrected chi connectivity index (χ4v) is 2.68. The largest absolute Gasteiger partial charge is 0.326 e. The molecule has 0 unspecified atom stereocenters. The number of halogens is 2. The van der Waals surface area contributed by atoms with Crippen LogP contribution >= 0.6 is 23.2 Å². The van der Waals surface area contributed by atoms with Crippen molar-refractivity contribution in [2.75, 3.05) is 10.6 Å². The van der Waals surface area contributed by atoms with Gasteiger partial charge in [0, 0.05) is 22.9 Å². The summed E-state index contributed by atoms with van der Waals surface area (Å²) in [6.45, 7) is 3.98. The number of nitrogens with one attached hydrogen (secondary N) is 2. The Labute approximate surface area is 157 Å². The van der Waals surface area contributed by atoms with Crippen LogP contribution in [0, 0.1) is 5.92 Å². The number of rotatable bonds is 6. The van der Waals surface area contributed by atoms with Crippen LogP contribution in [-0.2, 0) is 4.79 Å². The van der Waals surface area contributed by atoms with Gasteiger partial charge >= 0.3 is 0 Å². The summed E-state index contributed by atoms with van der Waals surface area (Å²) in [5.41, 5.74) is 1.71.